The molecule has 102 valence electrons. The molecular weight excluding hydrogens is 301 g/mol. The average Bonchev–Trinajstić information content (AvgIpc) is 2.47. The Kier molecular flexibility index (Phi) is 4.37. The first-order valence-electron chi connectivity index (χ1n) is 5.56. The molecule has 1 aromatic carbocycles. The zero-order chi connectivity index (χ0) is 14.7. The number of rotatable bonds is 3. The molecule has 0 N–H and O–H groups in total. The van der Waals surface area contributed by atoms with Crippen molar-refractivity contribution in [3.63, 3.8) is 0 Å². The third kappa shape index (κ3) is 2.81. The van der Waals surface area contributed by atoms with E-state index in [4.69, 9.17) is 23.2 Å². The number of halogens is 2. The van der Waals surface area contributed by atoms with Gasteiger partial charge in [-0.2, -0.15) is 0 Å². The van der Waals surface area contributed by atoms with Crippen molar-refractivity contribution in [2.45, 2.75) is 0 Å². The summed E-state index contributed by atoms with van der Waals surface area (Å²) in [5.74, 6) is -0.627. The minimum atomic E-state index is -0.627. The van der Waals surface area contributed by atoms with Crippen molar-refractivity contribution >= 4 is 35.5 Å². The van der Waals surface area contributed by atoms with Crippen molar-refractivity contribution < 1.29 is 14.3 Å². The number of benzene rings is 1. The van der Waals surface area contributed by atoms with E-state index in [1.165, 1.54) is 13.2 Å². The molecule has 4 nitrogen and oxygen atoms in total. The number of hydrogen-bond acceptors (Lipinski definition) is 4. The van der Waals surface area contributed by atoms with Crippen LogP contribution in [-0.4, -0.2) is 24.3 Å². The van der Waals surface area contributed by atoms with Gasteiger partial charge in [0.05, 0.1) is 22.8 Å². The minimum absolute atomic E-state index is 0.0159. The van der Waals surface area contributed by atoms with Gasteiger partial charge in [0, 0.05) is 11.1 Å². The molecule has 0 radical (unpaired) electrons. The Labute approximate surface area is 125 Å². The first kappa shape index (κ1) is 14.5. The van der Waals surface area contributed by atoms with Crippen molar-refractivity contribution in [2.75, 3.05) is 7.11 Å². The number of ether oxygens (including phenoxy) is 1. The molecule has 0 spiro atoms. The molecule has 0 aliphatic rings. The third-order valence-electron chi connectivity index (χ3n) is 2.63. The summed E-state index contributed by atoms with van der Waals surface area (Å²) in [6.45, 7) is 0. The fraction of sp³-hybridized carbons (Fsp3) is 0.0714. The predicted molar refractivity (Wildman–Crippen MR) is 76.4 cm³/mol. The number of pyridine rings is 1. The molecule has 6 heteroatoms. The maximum atomic E-state index is 11.6. The molecule has 0 unspecified atom stereocenters. The molecule has 0 saturated heterocycles. The summed E-state index contributed by atoms with van der Waals surface area (Å²) < 4.78 is 4.61. The number of aromatic nitrogens is 1. The van der Waals surface area contributed by atoms with Gasteiger partial charge in [0.15, 0.2) is 5.69 Å². The number of aldehydes is 1. The molecule has 2 aromatic rings. The van der Waals surface area contributed by atoms with Crippen molar-refractivity contribution in [1.82, 2.24) is 4.98 Å². The molecule has 20 heavy (non-hydrogen) atoms. The second-order valence-corrected chi connectivity index (χ2v) is 4.69. The molecule has 0 fully saturated rings. The molecule has 2 rings (SSSR count). The Hall–Kier alpha value is -1.91. The highest BCUT2D eigenvalue weighted by molar-refractivity contribution is 6.34. The van der Waals surface area contributed by atoms with Gasteiger partial charge in [-0.05, 0) is 18.2 Å². The monoisotopic (exact) mass is 309 g/mol. The lowest BCUT2D eigenvalue weighted by Gasteiger charge is -2.07. The zero-order valence-corrected chi connectivity index (χ0v) is 11.9. The Morgan fingerprint density at radius 1 is 1.20 bits per heavy atom. The largest absolute Gasteiger partial charge is 0.464 e. The van der Waals surface area contributed by atoms with Crippen molar-refractivity contribution in [3.8, 4) is 11.3 Å². The number of hydrogen-bond donors (Lipinski definition) is 0. The van der Waals surface area contributed by atoms with Gasteiger partial charge in [0.1, 0.15) is 6.29 Å². The lowest BCUT2D eigenvalue weighted by atomic mass is 10.1. The van der Waals surface area contributed by atoms with Crippen LogP contribution < -0.4 is 0 Å². The quantitative estimate of drug-likeness (QED) is 0.641. The molecule has 1 aromatic heterocycles. The highest BCUT2D eigenvalue weighted by atomic mass is 35.5. The van der Waals surface area contributed by atoms with Crippen LogP contribution in [0.5, 0.6) is 0 Å². The van der Waals surface area contributed by atoms with E-state index in [1.807, 2.05) is 0 Å². The summed E-state index contributed by atoms with van der Waals surface area (Å²) in [5.41, 5.74) is 1.54. The van der Waals surface area contributed by atoms with Crippen LogP contribution in [0.25, 0.3) is 11.3 Å². The van der Waals surface area contributed by atoms with E-state index < -0.39 is 5.97 Å². The molecular formula is C14H9Cl2NO3. The highest BCUT2D eigenvalue weighted by Gasteiger charge is 2.15. The van der Waals surface area contributed by atoms with Gasteiger partial charge in [-0.25, -0.2) is 9.78 Å². The summed E-state index contributed by atoms with van der Waals surface area (Å²) in [6.07, 6.45) is 0.699. The van der Waals surface area contributed by atoms with Gasteiger partial charge in [-0.1, -0.05) is 35.3 Å². The fourth-order valence-corrected chi connectivity index (χ4v) is 2.11. The maximum Gasteiger partial charge on any atom is 0.358 e. The number of nitrogens with zero attached hydrogens (tertiary/aromatic N) is 1. The molecule has 0 aliphatic heterocycles. The molecule has 0 saturated carbocycles. The van der Waals surface area contributed by atoms with Crippen LogP contribution in [0.15, 0.2) is 30.3 Å². The van der Waals surface area contributed by atoms with Crippen LogP contribution in [0, 0.1) is 0 Å². The van der Waals surface area contributed by atoms with Crippen molar-refractivity contribution in [1.29, 1.82) is 0 Å². The molecule has 0 bridgehead atoms. The Bertz CT molecular complexity index is 686. The first-order valence-corrected chi connectivity index (χ1v) is 6.32. The minimum Gasteiger partial charge on any atom is -0.464 e. The number of carbonyl (C=O) groups excluding carboxylic acids is 2. The average molecular weight is 310 g/mol. The summed E-state index contributed by atoms with van der Waals surface area (Å²) in [6, 6.07) is 7.97. The maximum absolute atomic E-state index is 11.6. The summed E-state index contributed by atoms with van der Waals surface area (Å²) in [4.78, 5) is 26.4. The second kappa shape index (κ2) is 6.03. The zero-order valence-electron chi connectivity index (χ0n) is 10.4. The second-order valence-electron chi connectivity index (χ2n) is 3.88. The third-order valence-corrected chi connectivity index (χ3v) is 3.25. The van der Waals surface area contributed by atoms with E-state index in [0.717, 1.165) is 0 Å². The first-order chi connectivity index (χ1) is 9.56. The van der Waals surface area contributed by atoms with Gasteiger partial charge in [0.25, 0.3) is 0 Å². The fourth-order valence-electron chi connectivity index (χ4n) is 1.64. The van der Waals surface area contributed by atoms with Gasteiger partial charge in [-0.3, -0.25) is 4.79 Å². The van der Waals surface area contributed by atoms with Crippen molar-refractivity contribution in [3.05, 3.63) is 51.6 Å². The number of methoxy groups -OCH3 is 1. The van der Waals surface area contributed by atoms with E-state index >= 15 is 0 Å². The number of carbonyl (C=O) groups is 2. The van der Waals surface area contributed by atoms with Crippen LogP contribution in [0.4, 0.5) is 0 Å². The SMILES string of the molecule is COC(=O)c1nc(-c2ccc(C=O)cc2Cl)ccc1Cl. The van der Waals surface area contributed by atoms with Crippen LogP contribution >= 0.6 is 23.2 Å². The predicted octanol–water partition coefficient (Wildman–Crippen LogP) is 3.65. The summed E-state index contributed by atoms with van der Waals surface area (Å²) >= 11 is 12.0. The lowest BCUT2D eigenvalue weighted by molar-refractivity contribution is 0.0594. The summed E-state index contributed by atoms with van der Waals surface area (Å²) in [5, 5.41) is 0.557. The summed E-state index contributed by atoms with van der Waals surface area (Å²) in [7, 11) is 1.25. The van der Waals surface area contributed by atoms with Gasteiger partial charge in [-0.15, -0.1) is 0 Å². The van der Waals surface area contributed by atoms with Gasteiger partial charge >= 0.3 is 5.97 Å². The van der Waals surface area contributed by atoms with E-state index in [9.17, 15) is 9.59 Å². The van der Waals surface area contributed by atoms with Crippen LogP contribution in [0.3, 0.4) is 0 Å². The highest BCUT2D eigenvalue weighted by Crippen LogP contribution is 2.29. The van der Waals surface area contributed by atoms with E-state index in [1.54, 1.807) is 24.3 Å². The van der Waals surface area contributed by atoms with E-state index in [2.05, 4.69) is 9.72 Å². The van der Waals surface area contributed by atoms with Gasteiger partial charge in [0.2, 0.25) is 0 Å². The molecule has 0 atom stereocenters. The standard InChI is InChI=1S/C14H9Cl2NO3/c1-20-14(19)13-10(15)4-5-12(17-13)9-3-2-8(7-18)6-11(9)16/h2-7H,1H3. The van der Waals surface area contributed by atoms with E-state index in [-0.39, 0.29) is 10.7 Å². The van der Waals surface area contributed by atoms with Gasteiger partial charge < -0.3 is 4.74 Å². The normalized spacial score (nSPS) is 10.2. The van der Waals surface area contributed by atoms with Crippen LogP contribution in [-0.2, 0) is 4.74 Å². The molecule has 1 heterocycles. The topological polar surface area (TPSA) is 56.3 Å². The van der Waals surface area contributed by atoms with Crippen molar-refractivity contribution in [2.24, 2.45) is 0 Å². The molecule has 0 amide bonds. The Morgan fingerprint density at radius 2 is 1.95 bits per heavy atom. The smallest absolute Gasteiger partial charge is 0.358 e. The Balaban J connectivity index is 2.53. The van der Waals surface area contributed by atoms with Crippen LogP contribution in [0.2, 0.25) is 10.0 Å². The number of esters is 1. The molecule has 0 aliphatic carbocycles. The van der Waals surface area contributed by atoms with E-state index in [0.29, 0.717) is 28.1 Å². The Morgan fingerprint density at radius 3 is 2.55 bits per heavy atom. The van der Waals surface area contributed by atoms with Crippen LogP contribution in [0.1, 0.15) is 20.8 Å². The lowest BCUT2D eigenvalue weighted by Crippen LogP contribution is -2.06.